The van der Waals surface area contributed by atoms with E-state index in [-0.39, 0.29) is 44.9 Å². The van der Waals surface area contributed by atoms with Crippen LogP contribution in [-0.4, -0.2) is 29.4 Å². The largest absolute Gasteiger partial charge is 0.481 e. The Kier molecular flexibility index (Phi) is 9.57. The molecule has 0 aromatic carbocycles. The molecule has 0 amide bonds. The molecule has 4 saturated carbocycles. The Morgan fingerprint density at radius 3 is 2.16 bits per heavy atom. The monoisotopic (exact) mass is 624 g/mol. The van der Waals surface area contributed by atoms with Crippen LogP contribution in [0.5, 0.6) is 0 Å². The molecule has 7 atom stereocenters. The first-order valence-corrected chi connectivity index (χ1v) is 18.6. The predicted octanol–water partition coefficient (Wildman–Crippen LogP) is 10.1. The molecule has 1 N–H and O–H groups in total. The van der Waals surface area contributed by atoms with Gasteiger partial charge >= 0.3 is 11.9 Å². The van der Waals surface area contributed by atoms with Crippen LogP contribution in [0.2, 0.25) is 0 Å². The summed E-state index contributed by atoms with van der Waals surface area (Å²) in [6.45, 7) is 17.7. The summed E-state index contributed by atoms with van der Waals surface area (Å²) in [6.07, 6.45) is 20.1. The number of allylic oxidation sites excluding steroid dienone is 2. The van der Waals surface area contributed by atoms with Crippen molar-refractivity contribution in [2.45, 2.75) is 164 Å². The summed E-state index contributed by atoms with van der Waals surface area (Å²) < 4.78 is 6.18. The molecule has 0 heterocycles. The smallest absolute Gasteiger partial charge is 0.305 e. The standard InChI is InChI=1S/C40H64O5/c1-35(2)22-24-40(27-45-34(44)15-13-11-9-8-10-12-14-33(42)43)25-23-38(6)28(29(40)26-35)16-17-31-37(5)20-19-32(41)36(3,4)30(37)18-21-39(31,38)7/h16,29-31H,8-15,17-27H2,1-7H3,(H,42,43)/t29-,30-,31?,37-,38+,39+,40+/m0/s1. The van der Waals surface area contributed by atoms with Crippen LogP contribution in [0.25, 0.3) is 0 Å². The summed E-state index contributed by atoms with van der Waals surface area (Å²) in [5, 5.41) is 8.79. The molecule has 5 heteroatoms. The fraction of sp³-hybridized carbons (Fsp3) is 0.875. The number of ether oxygens (including phenoxy) is 1. The molecule has 1 unspecified atom stereocenters. The lowest BCUT2D eigenvalue weighted by Crippen LogP contribution is -2.64. The van der Waals surface area contributed by atoms with E-state index < -0.39 is 5.97 Å². The van der Waals surface area contributed by atoms with Gasteiger partial charge < -0.3 is 9.84 Å². The molecule has 5 rings (SSSR count). The third-order valence-corrected chi connectivity index (χ3v) is 15.1. The number of ketones is 1. The molecule has 5 aliphatic rings. The second-order valence-corrected chi connectivity index (χ2v) is 18.4. The van der Waals surface area contributed by atoms with E-state index in [0.717, 1.165) is 77.0 Å². The zero-order valence-electron chi connectivity index (χ0n) is 29.8. The summed E-state index contributed by atoms with van der Waals surface area (Å²) in [4.78, 5) is 36.8. The molecule has 0 spiro atoms. The van der Waals surface area contributed by atoms with Gasteiger partial charge in [-0.1, -0.05) is 85.8 Å². The molecule has 0 aromatic rings. The molecule has 5 aliphatic carbocycles. The van der Waals surface area contributed by atoms with Gasteiger partial charge in [-0.25, -0.2) is 0 Å². The third kappa shape index (κ3) is 6.10. The molecule has 0 radical (unpaired) electrons. The van der Waals surface area contributed by atoms with E-state index in [1.54, 1.807) is 5.57 Å². The maximum absolute atomic E-state index is 13.1. The van der Waals surface area contributed by atoms with Gasteiger partial charge in [0, 0.05) is 30.1 Å². The number of unbranched alkanes of at least 4 members (excludes halogenated alkanes) is 5. The minimum atomic E-state index is -0.717. The molecule has 0 aliphatic heterocycles. The lowest BCUT2D eigenvalue weighted by atomic mass is 9.33. The van der Waals surface area contributed by atoms with Crippen LogP contribution in [-0.2, 0) is 19.1 Å². The number of hydrogen-bond acceptors (Lipinski definition) is 4. The number of rotatable bonds is 11. The van der Waals surface area contributed by atoms with E-state index in [4.69, 9.17) is 9.84 Å². The van der Waals surface area contributed by atoms with E-state index >= 15 is 0 Å². The fourth-order valence-electron chi connectivity index (χ4n) is 12.0. The van der Waals surface area contributed by atoms with Gasteiger partial charge in [0.25, 0.3) is 0 Å². The zero-order chi connectivity index (χ0) is 32.9. The maximum atomic E-state index is 13.1. The van der Waals surface area contributed by atoms with Gasteiger partial charge in [0.1, 0.15) is 5.78 Å². The zero-order valence-corrected chi connectivity index (χ0v) is 29.8. The first kappa shape index (κ1) is 34.7. The first-order valence-electron chi connectivity index (χ1n) is 18.6. The number of carboxylic acids is 1. The summed E-state index contributed by atoms with van der Waals surface area (Å²) in [7, 11) is 0. The molecule has 0 saturated heterocycles. The number of carboxylic acid groups (broad SMARTS) is 1. The van der Waals surface area contributed by atoms with Crippen molar-refractivity contribution in [3.63, 3.8) is 0 Å². The number of fused-ring (bicyclic) bond motifs is 7. The number of carbonyl (C=O) groups is 3. The van der Waals surface area contributed by atoms with E-state index in [2.05, 4.69) is 54.5 Å². The van der Waals surface area contributed by atoms with Crippen LogP contribution < -0.4 is 0 Å². The minimum absolute atomic E-state index is 0.0440. The Bertz CT molecular complexity index is 1180. The van der Waals surface area contributed by atoms with Crippen LogP contribution in [0.1, 0.15) is 164 Å². The quantitative estimate of drug-likeness (QED) is 0.141. The highest BCUT2D eigenvalue weighted by molar-refractivity contribution is 5.85. The molecule has 4 fully saturated rings. The molecule has 254 valence electrons. The molecule has 45 heavy (non-hydrogen) atoms. The molecule has 0 bridgehead atoms. The van der Waals surface area contributed by atoms with E-state index in [1.165, 1.54) is 25.7 Å². The lowest BCUT2D eigenvalue weighted by Gasteiger charge is -2.70. The number of Topliss-reactive ketones (excluding diaryl/α,β-unsaturated/α-hetero) is 1. The van der Waals surface area contributed by atoms with Crippen molar-refractivity contribution in [1.82, 2.24) is 0 Å². The lowest BCUT2D eigenvalue weighted by molar-refractivity contribution is -0.188. The van der Waals surface area contributed by atoms with Crippen LogP contribution in [0.15, 0.2) is 11.6 Å². The summed E-state index contributed by atoms with van der Waals surface area (Å²) >= 11 is 0. The van der Waals surface area contributed by atoms with Gasteiger partial charge in [0.2, 0.25) is 0 Å². The number of esters is 1. The van der Waals surface area contributed by atoms with Crippen LogP contribution in [0, 0.1) is 50.2 Å². The Balaban J connectivity index is 1.28. The molecule has 0 aromatic heterocycles. The highest BCUT2D eigenvalue weighted by Crippen LogP contribution is 2.75. The van der Waals surface area contributed by atoms with Crippen LogP contribution >= 0.6 is 0 Å². The van der Waals surface area contributed by atoms with Crippen molar-refractivity contribution in [3.05, 3.63) is 11.6 Å². The van der Waals surface area contributed by atoms with E-state index in [0.29, 0.717) is 36.6 Å². The first-order chi connectivity index (χ1) is 21.0. The summed E-state index contributed by atoms with van der Waals surface area (Å²) in [5.74, 6) is 1.25. The highest BCUT2D eigenvalue weighted by atomic mass is 16.5. The van der Waals surface area contributed by atoms with Crippen molar-refractivity contribution >= 4 is 17.7 Å². The summed E-state index contributed by atoms with van der Waals surface area (Å²) in [5.41, 5.74) is 2.36. The van der Waals surface area contributed by atoms with Gasteiger partial charge in [0.05, 0.1) is 6.61 Å². The highest BCUT2D eigenvalue weighted by Gasteiger charge is 2.68. The van der Waals surface area contributed by atoms with Gasteiger partial charge in [-0.05, 0) is 110 Å². The van der Waals surface area contributed by atoms with Crippen molar-refractivity contribution in [2.24, 2.45) is 50.2 Å². The Hall–Kier alpha value is -1.65. The van der Waals surface area contributed by atoms with Crippen LogP contribution in [0.3, 0.4) is 0 Å². The Labute approximate surface area is 274 Å². The van der Waals surface area contributed by atoms with Crippen molar-refractivity contribution in [3.8, 4) is 0 Å². The Morgan fingerprint density at radius 2 is 1.47 bits per heavy atom. The van der Waals surface area contributed by atoms with Gasteiger partial charge in [-0.15, -0.1) is 0 Å². The normalized spacial score (nSPS) is 39.8. The average molecular weight is 625 g/mol. The average Bonchev–Trinajstić information content (AvgIpc) is 2.96. The number of carbonyl (C=O) groups excluding carboxylic acids is 2. The minimum Gasteiger partial charge on any atom is -0.481 e. The van der Waals surface area contributed by atoms with Crippen molar-refractivity contribution < 1.29 is 24.2 Å². The topological polar surface area (TPSA) is 80.7 Å². The second kappa shape index (κ2) is 12.4. The number of aliphatic carboxylic acids is 1. The maximum Gasteiger partial charge on any atom is 0.305 e. The van der Waals surface area contributed by atoms with Crippen LogP contribution in [0.4, 0.5) is 0 Å². The third-order valence-electron chi connectivity index (χ3n) is 15.1. The predicted molar refractivity (Wildman–Crippen MR) is 180 cm³/mol. The molecular weight excluding hydrogens is 560 g/mol. The number of hydrogen-bond donors (Lipinski definition) is 1. The van der Waals surface area contributed by atoms with Gasteiger partial charge in [0.15, 0.2) is 0 Å². The molecule has 5 nitrogen and oxygen atoms in total. The van der Waals surface area contributed by atoms with Gasteiger partial charge in [-0.2, -0.15) is 0 Å². The Morgan fingerprint density at radius 1 is 0.822 bits per heavy atom. The molecular formula is C40H64O5. The van der Waals surface area contributed by atoms with E-state index in [1.807, 2.05) is 0 Å². The second-order valence-electron chi connectivity index (χ2n) is 18.4. The SMILES string of the molecule is CC1(C)CC[C@]2(COC(=O)CCCCCCCCC(=O)O)CC[C@]3(C)C(=CCC4[C@@]5(C)CCC(=O)C(C)(C)[C@@H]5CC[C@]43C)[C@@H]2C1. The van der Waals surface area contributed by atoms with Crippen molar-refractivity contribution in [1.29, 1.82) is 0 Å². The fourth-order valence-corrected chi connectivity index (χ4v) is 12.0. The van der Waals surface area contributed by atoms with E-state index in [9.17, 15) is 14.4 Å². The van der Waals surface area contributed by atoms with Crippen molar-refractivity contribution in [2.75, 3.05) is 6.61 Å². The van der Waals surface area contributed by atoms with Gasteiger partial charge in [-0.3, -0.25) is 14.4 Å². The summed E-state index contributed by atoms with van der Waals surface area (Å²) in [6, 6.07) is 0.